The van der Waals surface area contributed by atoms with Gasteiger partial charge in [0.2, 0.25) is 10.0 Å². The summed E-state index contributed by atoms with van der Waals surface area (Å²) in [5, 5.41) is 0. The predicted octanol–water partition coefficient (Wildman–Crippen LogP) is 9.52. The molecule has 1 saturated carbocycles. The van der Waals surface area contributed by atoms with Gasteiger partial charge in [-0.25, -0.2) is 8.42 Å². The van der Waals surface area contributed by atoms with Crippen molar-refractivity contribution in [3.63, 3.8) is 0 Å². The Morgan fingerprint density at radius 1 is 0.953 bits per heavy atom. The minimum absolute atomic E-state index is 0.0341. The van der Waals surface area contributed by atoms with E-state index in [1.807, 2.05) is 42.5 Å². The Bertz CT molecular complexity index is 1550. The average Bonchev–Trinajstić information content (AvgIpc) is 2.96. The molecule has 4 heteroatoms. The summed E-state index contributed by atoms with van der Waals surface area (Å²) in [4.78, 5) is 0.381. The van der Waals surface area contributed by atoms with Gasteiger partial charge in [0.25, 0.3) is 0 Å². The molecular weight excluding hydrogens is 547 g/mol. The highest BCUT2D eigenvalue weighted by Gasteiger charge is 2.52. The smallest absolute Gasteiger partial charge is 0.207 e. The first-order valence-electron chi connectivity index (χ1n) is 16.2. The van der Waals surface area contributed by atoms with Crippen molar-refractivity contribution < 1.29 is 8.42 Å². The zero-order valence-electron chi connectivity index (χ0n) is 27.4. The number of sulfonamides is 1. The Hall–Kier alpha value is -2.69. The summed E-state index contributed by atoms with van der Waals surface area (Å²) < 4.78 is 30.5. The topological polar surface area (TPSA) is 37.4 Å². The Kier molecular flexibility index (Phi) is 8.86. The molecule has 3 nitrogen and oxygen atoms in total. The fraction of sp³-hybridized carbons (Fsp3) is 0.487. The van der Waals surface area contributed by atoms with E-state index in [0.29, 0.717) is 29.8 Å². The van der Waals surface area contributed by atoms with Gasteiger partial charge in [-0.05, 0) is 93.7 Å². The van der Waals surface area contributed by atoms with E-state index >= 15 is 0 Å². The Labute approximate surface area is 261 Å². The summed E-state index contributed by atoms with van der Waals surface area (Å²) in [5.41, 5.74) is 6.53. The van der Waals surface area contributed by atoms with Crippen molar-refractivity contribution in [2.24, 2.45) is 11.3 Å². The highest BCUT2D eigenvalue weighted by molar-refractivity contribution is 7.89. The molecule has 5 rings (SSSR count). The summed E-state index contributed by atoms with van der Waals surface area (Å²) in [6.45, 7) is 16.7. The summed E-state index contributed by atoms with van der Waals surface area (Å²) in [5.74, 6) is 0.942. The van der Waals surface area contributed by atoms with Crippen LogP contribution < -0.4 is 0 Å². The van der Waals surface area contributed by atoms with Crippen molar-refractivity contribution in [2.75, 3.05) is 13.1 Å². The molecular formula is C39H51NO2S. The number of hydrogen-bond donors (Lipinski definition) is 0. The third-order valence-corrected chi connectivity index (χ3v) is 12.3. The molecule has 3 aromatic carbocycles. The fourth-order valence-electron chi connectivity index (χ4n) is 7.99. The molecule has 0 saturated heterocycles. The second-order valence-electron chi connectivity index (χ2n) is 15.0. The molecule has 0 spiro atoms. The van der Waals surface area contributed by atoms with Crippen molar-refractivity contribution in [1.82, 2.24) is 4.31 Å². The van der Waals surface area contributed by atoms with E-state index < -0.39 is 10.0 Å². The maximum atomic E-state index is 14.4. The quantitative estimate of drug-likeness (QED) is 0.259. The van der Waals surface area contributed by atoms with E-state index in [0.717, 1.165) is 43.2 Å². The van der Waals surface area contributed by atoms with E-state index in [1.165, 1.54) is 16.7 Å². The standard InChI is InChI=1S/C39H51NO2S/c1-29(2)31-16-22-35-32(27-31)17-23-36-38(6,24-12-25-39(35,36)7)28-40(26-11-15-30-13-9-8-10-14-30)43(41,42)34-20-18-33(19-21-34)37(3,4)5/h8-11,13-16,18-22,27,29,36H,12,17,23-26,28H2,1-7H3/b15-11+. The van der Waals surface area contributed by atoms with Crippen LogP contribution in [0.5, 0.6) is 0 Å². The molecule has 2 aliphatic rings. The zero-order valence-corrected chi connectivity index (χ0v) is 28.2. The highest BCUT2D eigenvalue weighted by Crippen LogP contribution is 2.57. The van der Waals surface area contributed by atoms with Crippen LogP contribution in [0.2, 0.25) is 0 Å². The molecule has 230 valence electrons. The lowest BCUT2D eigenvalue weighted by Gasteiger charge is -2.56. The van der Waals surface area contributed by atoms with Crippen molar-refractivity contribution >= 4 is 16.1 Å². The van der Waals surface area contributed by atoms with Crippen LogP contribution >= 0.6 is 0 Å². The molecule has 0 amide bonds. The molecule has 0 heterocycles. The lowest BCUT2D eigenvalue weighted by Crippen LogP contribution is -2.54. The first-order valence-corrected chi connectivity index (χ1v) is 17.6. The zero-order chi connectivity index (χ0) is 31.0. The third-order valence-electron chi connectivity index (χ3n) is 10.5. The van der Waals surface area contributed by atoms with Crippen LogP contribution in [0.4, 0.5) is 0 Å². The maximum absolute atomic E-state index is 14.4. The lowest BCUT2D eigenvalue weighted by molar-refractivity contribution is 0.0134. The van der Waals surface area contributed by atoms with Gasteiger partial charge in [0.05, 0.1) is 4.90 Å². The van der Waals surface area contributed by atoms with E-state index in [4.69, 9.17) is 0 Å². The minimum Gasteiger partial charge on any atom is -0.207 e. The summed E-state index contributed by atoms with van der Waals surface area (Å²) in [6, 6.07) is 24.9. The lowest BCUT2D eigenvalue weighted by atomic mass is 9.49. The molecule has 3 aromatic rings. The number of nitrogens with zero attached hydrogens (tertiary/aromatic N) is 1. The summed E-state index contributed by atoms with van der Waals surface area (Å²) in [7, 11) is -3.71. The molecule has 3 atom stereocenters. The molecule has 2 aliphatic carbocycles. The predicted molar refractivity (Wildman–Crippen MR) is 181 cm³/mol. The number of fused-ring (bicyclic) bond motifs is 3. The molecule has 43 heavy (non-hydrogen) atoms. The van der Waals surface area contributed by atoms with Crippen molar-refractivity contribution in [3.05, 3.63) is 107 Å². The van der Waals surface area contributed by atoms with Crippen LogP contribution in [0.15, 0.2) is 83.8 Å². The first kappa shape index (κ1) is 31.7. The summed E-state index contributed by atoms with van der Waals surface area (Å²) >= 11 is 0. The fourth-order valence-corrected chi connectivity index (χ4v) is 9.51. The Morgan fingerprint density at radius 3 is 2.30 bits per heavy atom. The first-order chi connectivity index (χ1) is 20.2. The van der Waals surface area contributed by atoms with Gasteiger partial charge in [-0.1, -0.05) is 128 Å². The monoisotopic (exact) mass is 597 g/mol. The van der Waals surface area contributed by atoms with Crippen LogP contribution in [0.1, 0.15) is 108 Å². The van der Waals surface area contributed by atoms with Gasteiger partial charge in [0.15, 0.2) is 0 Å². The maximum Gasteiger partial charge on any atom is 0.243 e. The number of aryl methyl sites for hydroxylation is 1. The van der Waals surface area contributed by atoms with Gasteiger partial charge in [0, 0.05) is 13.1 Å². The van der Waals surface area contributed by atoms with Gasteiger partial charge >= 0.3 is 0 Å². The van der Waals surface area contributed by atoms with Crippen LogP contribution in [-0.2, 0) is 27.3 Å². The van der Waals surface area contributed by atoms with E-state index in [1.54, 1.807) is 16.4 Å². The molecule has 3 unspecified atom stereocenters. The van der Waals surface area contributed by atoms with Crippen molar-refractivity contribution in [3.8, 4) is 0 Å². The van der Waals surface area contributed by atoms with Gasteiger partial charge in [-0.15, -0.1) is 0 Å². The second-order valence-corrected chi connectivity index (χ2v) is 16.9. The summed E-state index contributed by atoms with van der Waals surface area (Å²) in [6.07, 6.45) is 9.56. The van der Waals surface area contributed by atoms with Gasteiger partial charge in [0.1, 0.15) is 0 Å². The van der Waals surface area contributed by atoms with Crippen LogP contribution in [0.3, 0.4) is 0 Å². The van der Waals surface area contributed by atoms with Gasteiger partial charge in [-0.2, -0.15) is 4.31 Å². The minimum atomic E-state index is -3.71. The van der Waals surface area contributed by atoms with E-state index in [-0.39, 0.29) is 16.2 Å². The van der Waals surface area contributed by atoms with Crippen LogP contribution in [0.25, 0.3) is 6.08 Å². The van der Waals surface area contributed by atoms with Gasteiger partial charge in [-0.3, -0.25) is 0 Å². The number of benzene rings is 3. The average molecular weight is 598 g/mol. The molecule has 0 aliphatic heterocycles. The largest absolute Gasteiger partial charge is 0.243 e. The van der Waals surface area contributed by atoms with Crippen LogP contribution in [-0.4, -0.2) is 25.8 Å². The van der Waals surface area contributed by atoms with Crippen molar-refractivity contribution in [2.45, 2.75) is 102 Å². The molecule has 0 aromatic heterocycles. The Morgan fingerprint density at radius 2 is 1.65 bits per heavy atom. The normalized spacial score (nSPS) is 24.3. The molecule has 0 N–H and O–H groups in total. The number of hydrogen-bond acceptors (Lipinski definition) is 2. The molecule has 0 radical (unpaired) electrons. The number of rotatable bonds is 8. The van der Waals surface area contributed by atoms with Gasteiger partial charge < -0.3 is 0 Å². The molecule has 0 bridgehead atoms. The van der Waals surface area contributed by atoms with E-state index in [2.05, 4.69) is 78.8 Å². The van der Waals surface area contributed by atoms with Crippen LogP contribution in [0, 0.1) is 11.3 Å². The molecule has 1 fully saturated rings. The second kappa shape index (κ2) is 12.0. The van der Waals surface area contributed by atoms with E-state index in [9.17, 15) is 8.42 Å². The van der Waals surface area contributed by atoms with Crippen molar-refractivity contribution in [1.29, 1.82) is 0 Å². The Balaban J connectivity index is 1.49. The highest BCUT2D eigenvalue weighted by atomic mass is 32.2. The third kappa shape index (κ3) is 6.42. The SMILES string of the molecule is CC(C)c1ccc2c(c1)CCC1C(C)(CN(C/C=C/c3ccccc3)S(=O)(=O)c3ccc(C(C)(C)C)cc3)CCCC21C.